The van der Waals surface area contributed by atoms with E-state index in [-0.39, 0.29) is 17.7 Å². The van der Waals surface area contributed by atoms with E-state index in [1.807, 2.05) is 0 Å². The van der Waals surface area contributed by atoms with Crippen LogP contribution >= 0.6 is 0 Å². The molecular weight excluding hydrogens is 371 g/mol. The Hall–Kier alpha value is -3.01. The maximum Gasteiger partial charge on any atom is 0.419 e. The number of anilines is 1. The summed E-state index contributed by atoms with van der Waals surface area (Å²) in [6, 6.07) is 3.30. The van der Waals surface area contributed by atoms with E-state index in [2.05, 4.69) is 35.6 Å². The smallest absolute Gasteiger partial charge is 0.358 e. The monoisotopic (exact) mass is 389 g/mol. The van der Waals surface area contributed by atoms with E-state index in [1.165, 1.54) is 6.20 Å². The summed E-state index contributed by atoms with van der Waals surface area (Å²) in [4.78, 5) is 19.2. The van der Waals surface area contributed by atoms with Crippen molar-refractivity contribution in [2.45, 2.75) is 25.1 Å². The Labute approximate surface area is 158 Å². The molecule has 1 aliphatic rings. The van der Waals surface area contributed by atoms with Crippen LogP contribution in [0.2, 0.25) is 0 Å². The summed E-state index contributed by atoms with van der Waals surface area (Å²) in [6.07, 6.45) is 2.75. The highest BCUT2D eigenvalue weighted by atomic mass is 19.4. The lowest BCUT2D eigenvalue weighted by molar-refractivity contribution is -0.137. The number of piperidine rings is 1. The molecule has 1 fully saturated rings. The first-order chi connectivity index (χ1) is 13.5. The van der Waals surface area contributed by atoms with Crippen LogP contribution in [-0.2, 0) is 6.18 Å². The highest BCUT2D eigenvalue weighted by Crippen LogP contribution is 2.37. The summed E-state index contributed by atoms with van der Waals surface area (Å²) in [6.45, 7) is 1.66. The second kappa shape index (κ2) is 7.55. The third-order valence-electron chi connectivity index (χ3n) is 4.49. The van der Waals surface area contributed by atoms with Gasteiger partial charge in [-0.3, -0.25) is 0 Å². The number of rotatable bonds is 4. The standard InChI is InChI=1S/C18H18F3N7/c19-18(20,21)13-10-26-17(27-12-3-1-4-22-9-12)28-15(13)11-7-14(25-8-11)16-23-5-2-6-24-16/h2,5-8,10,12,22,25H,1,3-4,9H2,(H,26,27,28)/t12-/m0/s1. The zero-order valence-electron chi connectivity index (χ0n) is 14.8. The molecule has 10 heteroatoms. The summed E-state index contributed by atoms with van der Waals surface area (Å²) in [7, 11) is 0. The van der Waals surface area contributed by atoms with E-state index in [4.69, 9.17) is 0 Å². The highest BCUT2D eigenvalue weighted by Gasteiger charge is 2.36. The van der Waals surface area contributed by atoms with Crippen LogP contribution in [0.3, 0.4) is 0 Å². The normalized spacial score (nSPS) is 17.5. The van der Waals surface area contributed by atoms with Crippen LogP contribution in [0.5, 0.6) is 0 Å². The fourth-order valence-corrected chi connectivity index (χ4v) is 3.13. The number of alkyl halides is 3. The van der Waals surface area contributed by atoms with Crippen LogP contribution in [0.1, 0.15) is 18.4 Å². The van der Waals surface area contributed by atoms with Crippen molar-refractivity contribution >= 4 is 5.95 Å². The number of nitrogens with zero attached hydrogens (tertiary/aromatic N) is 4. The Balaban J connectivity index is 1.69. The second-order valence-corrected chi connectivity index (χ2v) is 6.52. The van der Waals surface area contributed by atoms with Crippen molar-refractivity contribution in [3.8, 4) is 22.8 Å². The molecule has 0 saturated carbocycles. The molecule has 0 bridgehead atoms. The largest absolute Gasteiger partial charge is 0.419 e. The number of aromatic nitrogens is 5. The fraction of sp³-hybridized carbons (Fsp3) is 0.333. The van der Waals surface area contributed by atoms with Crippen molar-refractivity contribution in [2.24, 2.45) is 0 Å². The van der Waals surface area contributed by atoms with Gasteiger partial charge in [0.15, 0.2) is 5.82 Å². The van der Waals surface area contributed by atoms with Crippen molar-refractivity contribution in [1.82, 2.24) is 30.2 Å². The lowest BCUT2D eigenvalue weighted by Crippen LogP contribution is -2.38. The zero-order chi connectivity index (χ0) is 19.6. The summed E-state index contributed by atoms with van der Waals surface area (Å²) >= 11 is 0. The van der Waals surface area contributed by atoms with Gasteiger partial charge in [-0.1, -0.05) is 0 Å². The van der Waals surface area contributed by atoms with Crippen molar-refractivity contribution in [1.29, 1.82) is 0 Å². The number of nitrogens with one attached hydrogen (secondary N) is 3. The molecule has 0 unspecified atom stereocenters. The average molecular weight is 389 g/mol. The molecule has 4 heterocycles. The maximum absolute atomic E-state index is 13.5. The van der Waals surface area contributed by atoms with Crippen molar-refractivity contribution in [3.63, 3.8) is 0 Å². The summed E-state index contributed by atoms with van der Waals surface area (Å²) in [5.74, 6) is 0.568. The summed E-state index contributed by atoms with van der Waals surface area (Å²) in [5.41, 5.74) is -0.276. The Kier molecular flexibility index (Phi) is 4.95. The Bertz CT molecular complexity index is 934. The van der Waals surface area contributed by atoms with Crippen LogP contribution in [0.15, 0.2) is 36.9 Å². The lowest BCUT2D eigenvalue weighted by Gasteiger charge is -2.24. The van der Waals surface area contributed by atoms with Crippen LogP contribution < -0.4 is 10.6 Å². The number of halogens is 3. The molecule has 1 aliphatic heterocycles. The van der Waals surface area contributed by atoms with Gasteiger partial charge in [0.25, 0.3) is 0 Å². The molecule has 4 rings (SSSR count). The van der Waals surface area contributed by atoms with E-state index in [9.17, 15) is 13.2 Å². The van der Waals surface area contributed by atoms with Gasteiger partial charge in [0.2, 0.25) is 5.95 Å². The number of hydrogen-bond donors (Lipinski definition) is 3. The van der Waals surface area contributed by atoms with E-state index in [0.29, 0.717) is 17.1 Å². The van der Waals surface area contributed by atoms with Crippen LogP contribution in [0, 0.1) is 0 Å². The topological polar surface area (TPSA) is 91.4 Å². The first kappa shape index (κ1) is 18.4. The minimum Gasteiger partial charge on any atom is -0.358 e. The average Bonchev–Trinajstić information content (AvgIpc) is 3.19. The molecule has 0 amide bonds. The third kappa shape index (κ3) is 3.96. The van der Waals surface area contributed by atoms with Crippen LogP contribution in [0.25, 0.3) is 22.8 Å². The van der Waals surface area contributed by atoms with Crippen molar-refractivity contribution in [2.75, 3.05) is 18.4 Å². The molecule has 3 aromatic heterocycles. The highest BCUT2D eigenvalue weighted by molar-refractivity contribution is 5.69. The van der Waals surface area contributed by atoms with Gasteiger partial charge in [-0.2, -0.15) is 13.2 Å². The predicted molar refractivity (Wildman–Crippen MR) is 97.4 cm³/mol. The SMILES string of the molecule is FC(F)(F)c1cnc(N[C@H]2CCCNC2)nc1-c1c[nH]c(-c2ncccn2)c1. The minimum absolute atomic E-state index is 0.0813. The third-order valence-corrected chi connectivity index (χ3v) is 4.49. The fourth-order valence-electron chi connectivity index (χ4n) is 3.13. The van der Waals surface area contributed by atoms with Crippen molar-refractivity contribution < 1.29 is 13.2 Å². The quantitative estimate of drug-likeness (QED) is 0.635. The van der Waals surface area contributed by atoms with Gasteiger partial charge in [0.1, 0.15) is 5.56 Å². The predicted octanol–water partition coefficient (Wildman–Crippen LogP) is 3.11. The Morgan fingerprint density at radius 1 is 1.14 bits per heavy atom. The summed E-state index contributed by atoms with van der Waals surface area (Å²) in [5, 5.41) is 6.36. The molecule has 3 N–H and O–H groups in total. The zero-order valence-corrected chi connectivity index (χ0v) is 14.8. The van der Waals surface area contributed by atoms with Crippen molar-refractivity contribution in [3.05, 3.63) is 42.5 Å². The first-order valence-corrected chi connectivity index (χ1v) is 8.88. The molecule has 3 aromatic rings. The second-order valence-electron chi connectivity index (χ2n) is 6.52. The Morgan fingerprint density at radius 3 is 2.68 bits per heavy atom. The van der Waals surface area contributed by atoms with Gasteiger partial charge in [-0.05, 0) is 31.5 Å². The van der Waals surface area contributed by atoms with E-state index < -0.39 is 11.7 Å². The van der Waals surface area contributed by atoms with E-state index in [1.54, 1.807) is 24.5 Å². The van der Waals surface area contributed by atoms with Crippen LogP contribution in [0.4, 0.5) is 19.1 Å². The van der Waals surface area contributed by atoms with Gasteiger partial charge in [-0.25, -0.2) is 19.9 Å². The number of hydrogen-bond acceptors (Lipinski definition) is 6. The molecule has 0 aliphatic carbocycles. The van der Waals surface area contributed by atoms with Gasteiger partial charge in [0, 0.05) is 42.9 Å². The maximum atomic E-state index is 13.5. The Morgan fingerprint density at radius 2 is 1.96 bits per heavy atom. The van der Waals surface area contributed by atoms with Gasteiger partial charge >= 0.3 is 6.18 Å². The van der Waals surface area contributed by atoms with Gasteiger partial charge < -0.3 is 15.6 Å². The number of aromatic amines is 1. The molecule has 0 spiro atoms. The molecule has 146 valence electrons. The van der Waals surface area contributed by atoms with Crippen LogP contribution in [-0.4, -0.2) is 44.1 Å². The number of H-pyrrole nitrogens is 1. The summed E-state index contributed by atoms with van der Waals surface area (Å²) < 4.78 is 40.5. The van der Waals surface area contributed by atoms with E-state index in [0.717, 1.165) is 32.1 Å². The molecule has 28 heavy (non-hydrogen) atoms. The minimum atomic E-state index is -4.57. The van der Waals surface area contributed by atoms with E-state index >= 15 is 0 Å². The molecule has 0 radical (unpaired) electrons. The van der Waals surface area contributed by atoms with Gasteiger partial charge in [0.05, 0.1) is 11.4 Å². The van der Waals surface area contributed by atoms with Gasteiger partial charge in [-0.15, -0.1) is 0 Å². The molecule has 7 nitrogen and oxygen atoms in total. The molecule has 1 atom stereocenters. The first-order valence-electron chi connectivity index (χ1n) is 8.88. The lowest BCUT2D eigenvalue weighted by atomic mass is 10.1. The molecule has 1 saturated heterocycles. The molecule has 0 aromatic carbocycles. The molecular formula is C18H18F3N7.